The van der Waals surface area contributed by atoms with E-state index >= 15 is 0 Å². The minimum atomic E-state index is 0.578. The number of allylic oxidation sites excluding steroid dienone is 3. The summed E-state index contributed by atoms with van der Waals surface area (Å²) in [5, 5.41) is 9.29. The van der Waals surface area contributed by atoms with Crippen LogP contribution in [0.4, 0.5) is 0 Å². The van der Waals surface area contributed by atoms with Gasteiger partial charge in [0.05, 0.1) is 18.8 Å². The summed E-state index contributed by atoms with van der Waals surface area (Å²) in [5.74, 6) is 0.702. The van der Waals surface area contributed by atoms with Crippen LogP contribution in [0.3, 0.4) is 0 Å². The Morgan fingerprint density at radius 2 is 1.75 bits per heavy atom. The molecule has 0 atom stereocenters. The highest BCUT2D eigenvalue weighted by molar-refractivity contribution is 5.81. The van der Waals surface area contributed by atoms with Crippen molar-refractivity contribution in [2.24, 2.45) is 0 Å². The van der Waals surface area contributed by atoms with Crippen LogP contribution < -0.4 is 4.74 Å². The molecule has 0 radical (unpaired) electrons. The van der Waals surface area contributed by atoms with Gasteiger partial charge in [0.1, 0.15) is 5.75 Å². The van der Waals surface area contributed by atoms with Gasteiger partial charge in [0.2, 0.25) is 0 Å². The maximum Gasteiger partial charge on any atom is 0.127 e. The number of hydrogen-bond acceptors (Lipinski definition) is 2. The fourth-order valence-corrected chi connectivity index (χ4v) is 1.87. The topological polar surface area (TPSA) is 33.0 Å². The van der Waals surface area contributed by atoms with Crippen LogP contribution in [0.5, 0.6) is 5.75 Å². The second-order valence-electron chi connectivity index (χ2n) is 4.16. The van der Waals surface area contributed by atoms with Crippen LogP contribution in [0.2, 0.25) is 0 Å². The van der Waals surface area contributed by atoms with Crippen molar-refractivity contribution in [3.8, 4) is 11.8 Å². The van der Waals surface area contributed by atoms with Gasteiger partial charge in [0.15, 0.2) is 0 Å². The molecule has 2 aromatic rings. The van der Waals surface area contributed by atoms with Crippen LogP contribution in [0.1, 0.15) is 11.1 Å². The molecule has 2 aromatic carbocycles. The molecule has 98 valence electrons. The summed E-state index contributed by atoms with van der Waals surface area (Å²) < 4.78 is 5.28. The van der Waals surface area contributed by atoms with Gasteiger partial charge in [-0.25, -0.2) is 0 Å². The van der Waals surface area contributed by atoms with Gasteiger partial charge in [0.25, 0.3) is 0 Å². The number of para-hydroxylation sites is 1. The SMILES string of the molecule is COc1ccccc1C(C#N)=CC=Cc1ccccc1. The first-order valence-corrected chi connectivity index (χ1v) is 6.32. The molecule has 2 heteroatoms. The van der Waals surface area contributed by atoms with E-state index in [1.165, 1.54) is 0 Å². The van der Waals surface area contributed by atoms with Crippen molar-refractivity contribution in [1.82, 2.24) is 0 Å². The molecule has 0 N–H and O–H groups in total. The molecule has 0 spiro atoms. The highest BCUT2D eigenvalue weighted by Gasteiger charge is 2.05. The van der Waals surface area contributed by atoms with Gasteiger partial charge in [-0.1, -0.05) is 54.6 Å². The number of rotatable bonds is 4. The van der Waals surface area contributed by atoms with Gasteiger partial charge in [-0.2, -0.15) is 5.26 Å². The smallest absolute Gasteiger partial charge is 0.127 e. The molecule has 0 aliphatic rings. The molecule has 2 rings (SSSR count). The van der Waals surface area contributed by atoms with E-state index in [9.17, 15) is 5.26 Å². The Morgan fingerprint density at radius 1 is 1.05 bits per heavy atom. The minimum absolute atomic E-state index is 0.578. The van der Waals surface area contributed by atoms with Crippen LogP contribution >= 0.6 is 0 Å². The summed E-state index contributed by atoms with van der Waals surface area (Å²) in [6.45, 7) is 0. The van der Waals surface area contributed by atoms with E-state index in [-0.39, 0.29) is 0 Å². The molecule has 0 aliphatic heterocycles. The molecule has 0 bridgehead atoms. The first kappa shape index (κ1) is 13.6. The van der Waals surface area contributed by atoms with Crippen molar-refractivity contribution in [2.45, 2.75) is 0 Å². The second kappa shape index (κ2) is 6.96. The van der Waals surface area contributed by atoms with E-state index < -0.39 is 0 Å². The molecule has 0 aromatic heterocycles. The lowest BCUT2D eigenvalue weighted by molar-refractivity contribution is 0.413. The second-order valence-corrected chi connectivity index (χ2v) is 4.16. The fourth-order valence-electron chi connectivity index (χ4n) is 1.87. The molecule has 0 saturated heterocycles. The highest BCUT2D eigenvalue weighted by atomic mass is 16.5. The lowest BCUT2D eigenvalue weighted by atomic mass is 10.1. The third kappa shape index (κ3) is 3.37. The summed E-state index contributed by atoms with van der Waals surface area (Å²) >= 11 is 0. The van der Waals surface area contributed by atoms with Gasteiger partial charge >= 0.3 is 0 Å². The van der Waals surface area contributed by atoms with E-state index in [2.05, 4.69) is 6.07 Å². The van der Waals surface area contributed by atoms with Crippen molar-refractivity contribution in [3.05, 3.63) is 77.9 Å². The summed E-state index contributed by atoms with van der Waals surface area (Å²) in [6.07, 6.45) is 5.64. The third-order valence-corrected chi connectivity index (χ3v) is 2.87. The first-order chi connectivity index (χ1) is 9.85. The van der Waals surface area contributed by atoms with Crippen molar-refractivity contribution in [1.29, 1.82) is 5.26 Å². The maximum absolute atomic E-state index is 9.29. The van der Waals surface area contributed by atoms with E-state index in [0.717, 1.165) is 11.1 Å². The van der Waals surface area contributed by atoms with Crippen LogP contribution in [0, 0.1) is 11.3 Å². The summed E-state index contributed by atoms with van der Waals surface area (Å²) in [4.78, 5) is 0. The van der Waals surface area contributed by atoms with Crippen LogP contribution in [0.25, 0.3) is 11.6 Å². The van der Waals surface area contributed by atoms with Crippen LogP contribution in [0.15, 0.2) is 66.7 Å². The third-order valence-electron chi connectivity index (χ3n) is 2.87. The predicted molar refractivity (Wildman–Crippen MR) is 82.1 cm³/mol. The fraction of sp³-hybridized carbons (Fsp3) is 0.0556. The van der Waals surface area contributed by atoms with Gasteiger partial charge in [0, 0.05) is 5.56 Å². The van der Waals surface area contributed by atoms with Gasteiger partial charge < -0.3 is 4.74 Å². The number of hydrogen-bond donors (Lipinski definition) is 0. The molecule has 0 unspecified atom stereocenters. The Bertz CT molecular complexity index is 663. The average molecular weight is 261 g/mol. The van der Waals surface area contributed by atoms with E-state index in [1.54, 1.807) is 13.2 Å². The van der Waals surface area contributed by atoms with Crippen molar-refractivity contribution in [2.75, 3.05) is 7.11 Å². The standard InChI is InChI=1S/C18H15NO/c1-20-18-13-6-5-12-17(18)16(14-19)11-7-10-15-8-3-2-4-9-15/h2-13H,1H3. The molecule has 2 nitrogen and oxygen atoms in total. The number of nitrogens with zero attached hydrogens (tertiary/aromatic N) is 1. The summed E-state index contributed by atoms with van der Waals surface area (Å²) in [6, 6.07) is 19.7. The molecule has 0 saturated carbocycles. The van der Waals surface area contributed by atoms with Crippen LogP contribution in [-0.2, 0) is 0 Å². The van der Waals surface area contributed by atoms with Gasteiger partial charge in [-0.15, -0.1) is 0 Å². The quantitative estimate of drug-likeness (QED) is 0.606. The van der Waals surface area contributed by atoms with Crippen molar-refractivity contribution in [3.63, 3.8) is 0 Å². The average Bonchev–Trinajstić information content (AvgIpc) is 2.53. The zero-order valence-electron chi connectivity index (χ0n) is 11.3. The maximum atomic E-state index is 9.29. The molecular weight excluding hydrogens is 246 g/mol. The number of ether oxygens (including phenoxy) is 1. The predicted octanol–water partition coefficient (Wildman–Crippen LogP) is 4.32. The highest BCUT2D eigenvalue weighted by Crippen LogP contribution is 2.25. The number of benzene rings is 2. The molecule has 20 heavy (non-hydrogen) atoms. The Balaban J connectivity index is 2.27. The molecule has 0 aliphatic carbocycles. The van der Waals surface area contributed by atoms with Gasteiger partial charge in [-0.05, 0) is 23.8 Å². The van der Waals surface area contributed by atoms with E-state index in [0.29, 0.717) is 11.3 Å². The first-order valence-electron chi connectivity index (χ1n) is 6.32. The lowest BCUT2D eigenvalue weighted by Gasteiger charge is -2.05. The van der Waals surface area contributed by atoms with Gasteiger partial charge in [-0.3, -0.25) is 0 Å². The van der Waals surface area contributed by atoms with E-state index in [1.807, 2.05) is 66.7 Å². The Morgan fingerprint density at radius 3 is 2.45 bits per heavy atom. The minimum Gasteiger partial charge on any atom is -0.496 e. The summed E-state index contributed by atoms with van der Waals surface area (Å²) in [7, 11) is 1.60. The molecular formula is C18H15NO. The normalized spacial score (nSPS) is 11.3. The Hall–Kier alpha value is -2.79. The van der Waals surface area contributed by atoms with Crippen molar-refractivity contribution >= 4 is 11.6 Å². The Kier molecular flexibility index (Phi) is 4.75. The molecule has 0 amide bonds. The van der Waals surface area contributed by atoms with E-state index in [4.69, 9.17) is 4.74 Å². The molecule has 0 heterocycles. The monoisotopic (exact) mass is 261 g/mol. The zero-order valence-corrected chi connectivity index (χ0v) is 11.3. The summed E-state index contributed by atoms with van der Waals surface area (Å²) in [5.41, 5.74) is 2.48. The molecule has 0 fully saturated rings. The zero-order chi connectivity index (χ0) is 14.2. The number of nitriles is 1. The van der Waals surface area contributed by atoms with Crippen molar-refractivity contribution < 1.29 is 4.74 Å². The Labute approximate surface area is 119 Å². The lowest BCUT2D eigenvalue weighted by Crippen LogP contribution is -1.89. The largest absolute Gasteiger partial charge is 0.496 e. The van der Waals surface area contributed by atoms with Crippen LogP contribution in [-0.4, -0.2) is 7.11 Å². The number of methoxy groups -OCH3 is 1.